The highest BCUT2D eigenvalue weighted by Crippen LogP contribution is 2.23. The maximum absolute atomic E-state index is 6.25. The van der Waals surface area contributed by atoms with Gasteiger partial charge in [-0.3, -0.25) is 0 Å². The molecule has 1 rings (SSSR count). The normalized spacial score (nSPS) is 10.4. The van der Waals surface area contributed by atoms with Gasteiger partial charge in [0.1, 0.15) is 5.82 Å². The van der Waals surface area contributed by atoms with Crippen molar-refractivity contribution in [3.63, 3.8) is 0 Å². The molecular weight excluding hydrogens is 246 g/mol. The first-order chi connectivity index (χ1) is 8.58. The highest BCUT2D eigenvalue weighted by atomic mass is 35.5. The second kappa shape index (κ2) is 7.25. The van der Waals surface area contributed by atoms with Crippen molar-refractivity contribution < 1.29 is 0 Å². The third kappa shape index (κ3) is 4.21. The molecule has 0 spiro atoms. The van der Waals surface area contributed by atoms with Crippen molar-refractivity contribution in [3.8, 4) is 12.3 Å². The Morgan fingerprint density at radius 3 is 2.78 bits per heavy atom. The number of pyridine rings is 1. The molecule has 0 unspecified atom stereocenters. The van der Waals surface area contributed by atoms with Crippen molar-refractivity contribution in [1.29, 1.82) is 0 Å². The molecule has 1 aromatic heterocycles. The van der Waals surface area contributed by atoms with E-state index in [2.05, 4.69) is 30.1 Å². The number of hydrogen-bond acceptors (Lipinski definition) is 3. The van der Waals surface area contributed by atoms with Crippen LogP contribution in [0.25, 0.3) is 0 Å². The molecule has 1 N–H and O–H groups in total. The lowest BCUT2D eigenvalue weighted by atomic mass is 10.2. The van der Waals surface area contributed by atoms with Crippen molar-refractivity contribution in [3.05, 3.63) is 22.8 Å². The van der Waals surface area contributed by atoms with Crippen LogP contribution in [0.4, 0.5) is 5.82 Å². The number of rotatable bonds is 6. The van der Waals surface area contributed by atoms with Crippen LogP contribution in [-0.2, 0) is 6.54 Å². The van der Waals surface area contributed by atoms with E-state index < -0.39 is 0 Å². The average Bonchev–Trinajstić information content (AvgIpc) is 2.34. The van der Waals surface area contributed by atoms with Gasteiger partial charge in [0.05, 0.1) is 11.6 Å². The molecule has 0 aliphatic rings. The molecule has 0 atom stereocenters. The third-order valence-electron chi connectivity index (χ3n) is 2.56. The number of terminal acetylenes is 1. The van der Waals surface area contributed by atoms with Crippen molar-refractivity contribution >= 4 is 17.4 Å². The number of nitrogens with one attached hydrogen (secondary N) is 1. The summed E-state index contributed by atoms with van der Waals surface area (Å²) in [5.41, 5.74) is 1.08. The second-order valence-electron chi connectivity index (χ2n) is 4.40. The molecule has 0 saturated heterocycles. The van der Waals surface area contributed by atoms with Crippen LogP contribution in [0.15, 0.2) is 12.3 Å². The minimum atomic E-state index is 0.442. The van der Waals surface area contributed by atoms with Gasteiger partial charge in [0.15, 0.2) is 0 Å². The molecule has 0 aliphatic carbocycles. The Kier molecular flexibility index (Phi) is 5.97. The predicted molar refractivity (Wildman–Crippen MR) is 77.9 cm³/mol. The first-order valence-corrected chi connectivity index (χ1v) is 6.52. The summed E-state index contributed by atoms with van der Waals surface area (Å²) in [6, 6.07) is 2.38. The topological polar surface area (TPSA) is 28.2 Å². The van der Waals surface area contributed by atoms with Crippen molar-refractivity contribution in [2.24, 2.45) is 0 Å². The van der Waals surface area contributed by atoms with Gasteiger partial charge in [-0.15, -0.1) is 6.42 Å². The molecule has 0 amide bonds. The van der Waals surface area contributed by atoms with Gasteiger partial charge in [-0.1, -0.05) is 31.4 Å². The predicted octanol–water partition coefficient (Wildman–Crippen LogP) is 2.69. The van der Waals surface area contributed by atoms with E-state index in [1.54, 1.807) is 0 Å². The molecule has 0 bridgehead atoms. The van der Waals surface area contributed by atoms with Gasteiger partial charge in [0, 0.05) is 25.3 Å². The Bertz CT molecular complexity index is 424. The Morgan fingerprint density at radius 1 is 1.56 bits per heavy atom. The van der Waals surface area contributed by atoms with Crippen LogP contribution < -0.4 is 10.2 Å². The molecular formula is C14H20ClN3. The molecule has 18 heavy (non-hydrogen) atoms. The van der Waals surface area contributed by atoms with E-state index in [0.717, 1.165) is 24.5 Å². The maximum Gasteiger partial charge on any atom is 0.148 e. The van der Waals surface area contributed by atoms with Crippen LogP contribution in [0, 0.1) is 12.3 Å². The zero-order valence-corrected chi connectivity index (χ0v) is 12.0. The summed E-state index contributed by atoms with van der Waals surface area (Å²) in [7, 11) is 0. The van der Waals surface area contributed by atoms with E-state index in [1.807, 2.05) is 24.1 Å². The molecule has 1 aromatic rings. The summed E-state index contributed by atoms with van der Waals surface area (Å²) < 4.78 is 0. The molecule has 3 nitrogen and oxygen atoms in total. The fourth-order valence-electron chi connectivity index (χ4n) is 1.57. The average molecular weight is 266 g/mol. The maximum atomic E-state index is 6.25. The Labute approximate surface area is 115 Å². The van der Waals surface area contributed by atoms with Crippen LogP contribution in [-0.4, -0.2) is 24.1 Å². The molecule has 0 radical (unpaired) electrons. The summed E-state index contributed by atoms with van der Waals surface area (Å²) >= 11 is 6.25. The summed E-state index contributed by atoms with van der Waals surface area (Å²) in [4.78, 5) is 6.38. The first-order valence-electron chi connectivity index (χ1n) is 6.14. The Hall–Kier alpha value is -1.24. The quantitative estimate of drug-likeness (QED) is 0.802. The van der Waals surface area contributed by atoms with Gasteiger partial charge in [-0.25, -0.2) is 4.98 Å². The molecule has 0 saturated carbocycles. The number of aromatic nitrogens is 1. The van der Waals surface area contributed by atoms with Gasteiger partial charge < -0.3 is 10.2 Å². The van der Waals surface area contributed by atoms with Crippen molar-refractivity contribution in [2.45, 2.75) is 33.4 Å². The Balaban J connectivity index is 2.82. The SMILES string of the molecule is C#CCN(CC)c1ncc(CNC(C)C)cc1Cl. The minimum Gasteiger partial charge on any atom is -0.345 e. The third-order valence-corrected chi connectivity index (χ3v) is 2.83. The summed E-state index contributed by atoms with van der Waals surface area (Å²) in [6.45, 7) is 8.33. The van der Waals surface area contributed by atoms with Crippen LogP contribution >= 0.6 is 11.6 Å². The lowest BCUT2D eigenvalue weighted by Crippen LogP contribution is -2.25. The Morgan fingerprint density at radius 2 is 2.28 bits per heavy atom. The van der Waals surface area contributed by atoms with Crippen LogP contribution in [0.1, 0.15) is 26.3 Å². The van der Waals surface area contributed by atoms with Crippen LogP contribution in [0.5, 0.6) is 0 Å². The number of hydrogen-bond donors (Lipinski definition) is 1. The smallest absolute Gasteiger partial charge is 0.148 e. The first kappa shape index (κ1) is 14.8. The molecule has 1 heterocycles. The molecule has 0 fully saturated rings. The standard InChI is InChI=1S/C14H20ClN3/c1-5-7-18(6-2)14-13(15)8-12(10-17-14)9-16-11(3)4/h1,8,10-11,16H,6-7,9H2,2-4H3. The van der Waals surface area contributed by atoms with Crippen molar-refractivity contribution in [1.82, 2.24) is 10.3 Å². The van der Waals surface area contributed by atoms with Crippen molar-refractivity contribution in [2.75, 3.05) is 18.0 Å². The fourth-order valence-corrected chi connectivity index (χ4v) is 1.88. The second-order valence-corrected chi connectivity index (χ2v) is 4.81. The summed E-state index contributed by atoms with van der Waals surface area (Å²) in [5.74, 6) is 3.37. The van der Waals surface area contributed by atoms with Crippen LogP contribution in [0.2, 0.25) is 5.02 Å². The molecule has 98 valence electrons. The van der Waals surface area contributed by atoms with Gasteiger partial charge >= 0.3 is 0 Å². The number of halogens is 1. The van der Waals surface area contributed by atoms with E-state index in [-0.39, 0.29) is 0 Å². The van der Waals surface area contributed by atoms with Gasteiger partial charge in [-0.05, 0) is 18.6 Å². The number of nitrogens with zero attached hydrogens (tertiary/aromatic N) is 2. The van der Waals surface area contributed by atoms with E-state index in [0.29, 0.717) is 17.6 Å². The lowest BCUT2D eigenvalue weighted by Gasteiger charge is -2.20. The van der Waals surface area contributed by atoms with E-state index >= 15 is 0 Å². The summed E-state index contributed by atoms with van der Waals surface area (Å²) in [6.07, 6.45) is 7.17. The molecule has 0 aliphatic heterocycles. The minimum absolute atomic E-state index is 0.442. The zero-order chi connectivity index (χ0) is 13.5. The highest BCUT2D eigenvalue weighted by molar-refractivity contribution is 6.33. The molecule has 4 heteroatoms. The zero-order valence-electron chi connectivity index (χ0n) is 11.2. The van der Waals surface area contributed by atoms with E-state index in [1.165, 1.54) is 0 Å². The van der Waals surface area contributed by atoms with E-state index in [4.69, 9.17) is 18.0 Å². The monoisotopic (exact) mass is 265 g/mol. The lowest BCUT2D eigenvalue weighted by molar-refractivity contribution is 0.588. The largest absolute Gasteiger partial charge is 0.345 e. The van der Waals surface area contributed by atoms with Crippen LogP contribution in [0.3, 0.4) is 0 Å². The summed E-state index contributed by atoms with van der Waals surface area (Å²) in [5, 5.41) is 3.98. The highest BCUT2D eigenvalue weighted by Gasteiger charge is 2.10. The van der Waals surface area contributed by atoms with Gasteiger partial charge in [0.25, 0.3) is 0 Å². The van der Waals surface area contributed by atoms with E-state index in [9.17, 15) is 0 Å². The van der Waals surface area contributed by atoms with Gasteiger partial charge in [-0.2, -0.15) is 0 Å². The molecule has 0 aromatic carbocycles. The number of anilines is 1. The van der Waals surface area contributed by atoms with Gasteiger partial charge in [0.2, 0.25) is 0 Å². The fraction of sp³-hybridized carbons (Fsp3) is 0.500.